The first-order chi connectivity index (χ1) is 20.3. The minimum Gasteiger partial charge on any atom is -0.491 e. The number of ether oxygens (including phenoxy) is 1. The van der Waals surface area contributed by atoms with E-state index in [0.29, 0.717) is 67.4 Å². The van der Waals surface area contributed by atoms with Crippen molar-refractivity contribution in [2.24, 2.45) is 11.3 Å². The Balaban J connectivity index is 1.24. The third kappa shape index (κ3) is 6.68. The highest BCUT2D eigenvalue weighted by atomic mass is 16.5. The lowest BCUT2D eigenvalue weighted by atomic mass is 9.73. The van der Waals surface area contributed by atoms with Crippen LogP contribution in [0.3, 0.4) is 0 Å². The Bertz CT molecular complexity index is 1280. The summed E-state index contributed by atoms with van der Waals surface area (Å²) in [5.41, 5.74) is 1.14. The van der Waals surface area contributed by atoms with Crippen LogP contribution in [0.25, 0.3) is 0 Å². The molecule has 2 N–H and O–H groups in total. The van der Waals surface area contributed by atoms with Gasteiger partial charge in [-0.25, -0.2) is 9.97 Å². The lowest BCUT2D eigenvalue weighted by Crippen LogP contribution is -2.52. The SMILES string of the molecule is Cc1nc(N2CCC(C)CC2)ncc1C(=O)N1CCC2(CCCCNC(=O)c3ccccc3OC[C@@H](C)NC2=O)CC1. The second-order valence-electron chi connectivity index (χ2n) is 12.3. The van der Waals surface area contributed by atoms with Crippen LogP contribution < -0.4 is 20.3 Å². The van der Waals surface area contributed by atoms with Crippen molar-refractivity contribution < 1.29 is 19.1 Å². The summed E-state index contributed by atoms with van der Waals surface area (Å²) in [7, 11) is 0. The number of benzene rings is 1. The number of nitrogens with one attached hydrogen (secondary N) is 2. The number of hydrogen-bond acceptors (Lipinski definition) is 7. The largest absolute Gasteiger partial charge is 0.491 e. The molecule has 2 saturated heterocycles. The van der Waals surface area contributed by atoms with E-state index in [2.05, 4.69) is 27.4 Å². The summed E-state index contributed by atoms with van der Waals surface area (Å²) in [6, 6.07) is 6.93. The van der Waals surface area contributed by atoms with Gasteiger partial charge in [0.1, 0.15) is 12.4 Å². The van der Waals surface area contributed by atoms with Gasteiger partial charge in [0.2, 0.25) is 11.9 Å². The molecule has 3 aliphatic rings. The highest BCUT2D eigenvalue weighted by Gasteiger charge is 2.42. The van der Waals surface area contributed by atoms with Gasteiger partial charge in [-0.05, 0) is 70.4 Å². The molecule has 4 heterocycles. The van der Waals surface area contributed by atoms with E-state index in [0.717, 1.165) is 44.7 Å². The Labute approximate surface area is 248 Å². The molecule has 0 radical (unpaired) electrons. The van der Waals surface area contributed by atoms with Crippen molar-refractivity contribution >= 4 is 23.7 Å². The number of aromatic nitrogens is 2. The molecule has 1 aromatic heterocycles. The van der Waals surface area contributed by atoms with Crippen molar-refractivity contribution in [2.75, 3.05) is 44.2 Å². The number of carbonyl (C=O) groups excluding carboxylic acids is 3. The zero-order chi connectivity index (χ0) is 29.7. The van der Waals surface area contributed by atoms with Crippen LogP contribution >= 0.6 is 0 Å². The molecule has 2 fully saturated rings. The molecule has 0 aliphatic carbocycles. The zero-order valence-electron chi connectivity index (χ0n) is 25.2. The van der Waals surface area contributed by atoms with Gasteiger partial charge in [-0.3, -0.25) is 14.4 Å². The summed E-state index contributed by atoms with van der Waals surface area (Å²) in [5.74, 6) is 1.71. The van der Waals surface area contributed by atoms with E-state index in [1.165, 1.54) is 0 Å². The van der Waals surface area contributed by atoms with Crippen LogP contribution in [0, 0.1) is 18.3 Å². The van der Waals surface area contributed by atoms with E-state index in [4.69, 9.17) is 9.72 Å². The molecule has 0 saturated carbocycles. The second-order valence-corrected chi connectivity index (χ2v) is 12.3. The van der Waals surface area contributed by atoms with Crippen LogP contribution in [0.2, 0.25) is 0 Å². The van der Waals surface area contributed by atoms with Gasteiger partial charge in [-0.1, -0.05) is 25.5 Å². The third-order valence-corrected chi connectivity index (χ3v) is 9.12. The minimum atomic E-state index is -0.572. The molecule has 1 aromatic carbocycles. The summed E-state index contributed by atoms with van der Waals surface area (Å²) in [5, 5.41) is 6.16. The van der Waals surface area contributed by atoms with E-state index in [1.807, 2.05) is 30.9 Å². The molecule has 3 amide bonds. The number of fused-ring (bicyclic) bond motifs is 1. The molecule has 42 heavy (non-hydrogen) atoms. The Kier molecular flexibility index (Phi) is 9.28. The predicted octanol–water partition coefficient (Wildman–Crippen LogP) is 3.74. The van der Waals surface area contributed by atoms with Gasteiger partial charge in [-0.2, -0.15) is 0 Å². The fourth-order valence-corrected chi connectivity index (χ4v) is 6.22. The van der Waals surface area contributed by atoms with Crippen molar-refractivity contribution in [1.82, 2.24) is 25.5 Å². The van der Waals surface area contributed by atoms with Gasteiger partial charge >= 0.3 is 0 Å². The standard InChI is InChI=1S/C32H44N6O4/c1-22-10-16-38(17-11-22)31-34-20-26(24(3)36-31)29(40)37-18-13-32(14-19-37)12-6-7-15-33-28(39)25-8-4-5-9-27(25)42-21-23(2)35-30(32)41/h4-5,8-9,20,22-23H,6-7,10-19,21H2,1-3H3,(H,33,39)(H,35,41)/t23-/m1/s1. The highest BCUT2D eigenvalue weighted by molar-refractivity contribution is 5.97. The molecule has 0 bridgehead atoms. The zero-order valence-corrected chi connectivity index (χ0v) is 25.2. The average molecular weight is 577 g/mol. The summed E-state index contributed by atoms with van der Waals surface area (Å²) in [6.07, 6.45) is 7.35. The fraction of sp³-hybridized carbons (Fsp3) is 0.594. The van der Waals surface area contributed by atoms with Gasteiger partial charge < -0.3 is 25.2 Å². The fourth-order valence-electron chi connectivity index (χ4n) is 6.22. The number of aryl methyl sites for hydroxylation is 1. The lowest BCUT2D eigenvalue weighted by Gasteiger charge is -2.41. The summed E-state index contributed by atoms with van der Waals surface area (Å²) in [6.45, 7) is 9.70. The number of carbonyl (C=O) groups is 3. The highest BCUT2D eigenvalue weighted by Crippen LogP contribution is 2.38. The number of amides is 3. The normalized spacial score (nSPS) is 22.4. The van der Waals surface area contributed by atoms with Crippen LogP contribution in [-0.4, -0.2) is 78.0 Å². The first kappa shape index (κ1) is 29.8. The average Bonchev–Trinajstić information content (AvgIpc) is 3.00. The van der Waals surface area contributed by atoms with Gasteiger partial charge in [-0.15, -0.1) is 0 Å². The maximum Gasteiger partial charge on any atom is 0.257 e. The number of anilines is 1. The maximum absolute atomic E-state index is 13.7. The minimum absolute atomic E-state index is 0.0137. The first-order valence-corrected chi connectivity index (χ1v) is 15.4. The molecular weight excluding hydrogens is 532 g/mol. The van der Waals surface area contributed by atoms with Crippen molar-refractivity contribution in [3.63, 3.8) is 0 Å². The quantitative estimate of drug-likeness (QED) is 0.560. The van der Waals surface area contributed by atoms with E-state index < -0.39 is 5.41 Å². The number of para-hydroxylation sites is 1. The Morgan fingerprint density at radius 1 is 1.02 bits per heavy atom. The van der Waals surface area contributed by atoms with Crippen molar-refractivity contribution in [3.8, 4) is 5.75 Å². The Morgan fingerprint density at radius 3 is 2.50 bits per heavy atom. The molecular formula is C32H44N6O4. The summed E-state index contributed by atoms with van der Waals surface area (Å²) < 4.78 is 5.96. The molecule has 2 aromatic rings. The number of nitrogens with zero attached hydrogens (tertiary/aromatic N) is 4. The Hall–Kier alpha value is -3.69. The molecule has 226 valence electrons. The van der Waals surface area contributed by atoms with Crippen LogP contribution in [0.1, 0.15) is 85.2 Å². The number of piperidine rings is 2. The number of likely N-dealkylation sites (tertiary alicyclic amines) is 1. The van der Waals surface area contributed by atoms with Gasteiger partial charge in [0.05, 0.1) is 28.3 Å². The molecule has 0 unspecified atom stereocenters. The summed E-state index contributed by atoms with van der Waals surface area (Å²) >= 11 is 0. The van der Waals surface area contributed by atoms with Crippen LogP contribution in [0.15, 0.2) is 30.5 Å². The smallest absolute Gasteiger partial charge is 0.257 e. The molecule has 1 atom stereocenters. The van der Waals surface area contributed by atoms with Gasteiger partial charge in [0.15, 0.2) is 0 Å². The van der Waals surface area contributed by atoms with Crippen molar-refractivity contribution in [1.29, 1.82) is 0 Å². The van der Waals surface area contributed by atoms with Crippen LogP contribution in [0.4, 0.5) is 5.95 Å². The lowest BCUT2D eigenvalue weighted by molar-refractivity contribution is -0.135. The monoisotopic (exact) mass is 576 g/mol. The van der Waals surface area contributed by atoms with Crippen LogP contribution in [0.5, 0.6) is 5.75 Å². The van der Waals surface area contributed by atoms with Gasteiger partial charge in [0, 0.05) is 38.9 Å². The second kappa shape index (κ2) is 13.1. The summed E-state index contributed by atoms with van der Waals surface area (Å²) in [4.78, 5) is 53.3. The molecule has 10 heteroatoms. The predicted molar refractivity (Wildman–Crippen MR) is 161 cm³/mol. The molecule has 10 nitrogen and oxygen atoms in total. The van der Waals surface area contributed by atoms with E-state index >= 15 is 0 Å². The first-order valence-electron chi connectivity index (χ1n) is 15.4. The van der Waals surface area contributed by atoms with Crippen LogP contribution in [-0.2, 0) is 4.79 Å². The number of hydrogen-bond donors (Lipinski definition) is 2. The molecule has 1 spiro atoms. The molecule has 3 aliphatic heterocycles. The third-order valence-electron chi connectivity index (χ3n) is 9.12. The Morgan fingerprint density at radius 2 is 1.76 bits per heavy atom. The van der Waals surface area contributed by atoms with Crippen molar-refractivity contribution in [3.05, 3.63) is 47.3 Å². The number of rotatable bonds is 2. The van der Waals surface area contributed by atoms with E-state index in [-0.39, 0.29) is 30.4 Å². The van der Waals surface area contributed by atoms with Crippen molar-refractivity contribution in [2.45, 2.75) is 71.8 Å². The maximum atomic E-state index is 13.7. The topological polar surface area (TPSA) is 117 Å². The van der Waals surface area contributed by atoms with Gasteiger partial charge in [0.25, 0.3) is 11.8 Å². The van der Waals surface area contributed by atoms with E-state index in [1.54, 1.807) is 18.3 Å². The molecule has 5 rings (SSSR count). The van der Waals surface area contributed by atoms with E-state index in [9.17, 15) is 14.4 Å².